The lowest BCUT2D eigenvalue weighted by Crippen LogP contribution is -2.16. The zero-order chi connectivity index (χ0) is 14.1. The van der Waals surface area contributed by atoms with Crippen LogP contribution < -0.4 is 5.32 Å². The number of thiophene rings is 1. The second-order valence-corrected chi connectivity index (χ2v) is 6.10. The Morgan fingerprint density at radius 3 is 2.70 bits per heavy atom. The maximum absolute atomic E-state index is 13.3. The number of halogens is 2. The van der Waals surface area contributed by atoms with Crippen LogP contribution in [0.15, 0.2) is 48.5 Å². The van der Waals surface area contributed by atoms with Crippen LogP contribution in [-0.2, 0) is 0 Å². The predicted molar refractivity (Wildman–Crippen MR) is 84.1 cm³/mol. The lowest BCUT2D eigenvalue weighted by molar-refractivity contribution is 0.630. The SMILES string of the molecule is CNC(c1cc2cc(F)ccc2s1)c1ccccc1Cl. The van der Waals surface area contributed by atoms with Gasteiger partial charge in [0.05, 0.1) is 6.04 Å². The highest BCUT2D eigenvalue weighted by Crippen LogP contribution is 2.35. The van der Waals surface area contributed by atoms with Crippen molar-refractivity contribution >= 4 is 33.0 Å². The third-order valence-corrected chi connectivity index (χ3v) is 4.81. The fourth-order valence-electron chi connectivity index (χ4n) is 2.34. The van der Waals surface area contributed by atoms with E-state index in [0.29, 0.717) is 0 Å². The molecule has 1 heterocycles. The maximum atomic E-state index is 13.3. The number of hydrogen-bond acceptors (Lipinski definition) is 2. The normalized spacial score (nSPS) is 12.8. The van der Waals surface area contributed by atoms with Gasteiger partial charge in [-0.3, -0.25) is 0 Å². The van der Waals surface area contributed by atoms with Gasteiger partial charge in [0.25, 0.3) is 0 Å². The third-order valence-electron chi connectivity index (χ3n) is 3.29. The van der Waals surface area contributed by atoms with E-state index < -0.39 is 0 Å². The molecule has 102 valence electrons. The number of hydrogen-bond donors (Lipinski definition) is 1. The zero-order valence-corrected chi connectivity index (χ0v) is 12.4. The minimum absolute atomic E-state index is 0.0177. The van der Waals surface area contributed by atoms with E-state index in [0.717, 1.165) is 25.5 Å². The largest absolute Gasteiger partial charge is 0.309 e. The van der Waals surface area contributed by atoms with Crippen molar-refractivity contribution < 1.29 is 4.39 Å². The Morgan fingerprint density at radius 2 is 1.95 bits per heavy atom. The molecule has 0 saturated heterocycles. The van der Waals surface area contributed by atoms with E-state index in [4.69, 9.17) is 11.6 Å². The molecule has 4 heteroatoms. The molecular formula is C16H13ClFNS. The van der Waals surface area contributed by atoms with Gasteiger partial charge in [-0.05, 0) is 48.3 Å². The van der Waals surface area contributed by atoms with Crippen molar-refractivity contribution in [2.75, 3.05) is 7.05 Å². The van der Waals surface area contributed by atoms with Crippen molar-refractivity contribution in [1.29, 1.82) is 0 Å². The smallest absolute Gasteiger partial charge is 0.123 e. The fourth-order valence-corrected chi connectivity index (χ4v) is 3.76. The summed E-state index contributed by atoms with van der Waals surface area (Å²) in [5.74, 6) is -0.208. The van der Waals surface area contributed by atoms with Gasteiger partial charge < -0.3 is 5.32 Å². The Balaban J connectivity index is 2.10. The van der Waals surface area contributed by atoms with Crippen LogP contribution in [0.25, 0.3) is 10.1 Å². The maximum Gasteiger partial charge on any atom is 0.123 e. The van der Waals surface area contributed by atoms with Crippen LogP contribution in [0, 0.1) is 5.82 Å². The molecule has 0 bridgehead atoms. The molecule has 0 spiro atoms. The Kier molecular flexibility index (Phi) is 3.74. The molecule has 3 rings (SSSR count). The lowest BCUT2D eigenvalue weighted by Gasteiger charge is -2.16. The van der Waals surface area contributed by atoms with Crippen molar-refractivity contribution in [1.82, 2.24) is 5.32 Å². The minimum Gasteiger partial charge on any atom is -0.309 e. The van der Waals surface area contributed by atoms with Crippen molar-refractivity contribution in [3.63, 3.8) is 0 Å². The summed E-state index contributed by atoms with van der Waals surface area (Å²) in [6.07, 6.45) is 0. The van der Waals surface area contributed by atoms with E-state index in [9.17, 15) is 4.39 Å². The van der Waals surface area contributed by atoms with Crippen molar-refractivity contribution in [3.05, 3.63) is 69.8 Å². The molecule has 1 atom stereocenters. The lowest BCUT2D eigenvalue weighted by atomic mass is 10.1. The van der Waals surface area contributed by atoms with Gasteiger partial charge in [0, 0.05) is 14.6 Å². The average Bonchev–Trinajstić information content (AvgIpc) is 2.84. The van der Waals surface area contributed by atoms with Crippen molar-refractivity contribution in [3.8, 4) is 0 Å². The topological polar surface area (TPSA) is 12.0 Å². The number of fused-ring (bicyclic) bond motifs is 1. The van der Waals surface area contributed by atoms with Crippen LogP contribution in [0.2, 0.25) is 5.02 Å². The van der Waals surface area contributed by atoms with Gasteiger partial charge in [0.15, 0.2) is 0 Å². The molecule has 1 nitrogen and oxygen atoms in total. The highest BCUT2D eigenvalue weighted by molar-refractivity contribution is 7.19. The second-order valence-electron chi connectivity index (χ2n) is 4.57. The summed E-state index contributed by atoms with van der Waals surface area (Å²) < 4.78 is 14.4. The monoisotopic (exact) mass is 305 g/mol. The number of nitrogens with one attached hydrogen (secondary N) is 1. The molecule has 1 unspecified atom stereocenters. The molecule has 0 aliphatic carbocycles. The van der Waals surface area contributed by atoms with E-state index in [1.54, 1.807) is 17.4 Å². The molecule has 0 aliphatic heterocycles. The highest BCUT2D eigenvalue weighted by atomic mass is 35.5. The first-order valence-electron chi connectivity index (χ1n) is 6.29. The molecular weight excluding hydrogens is 293 g/mol. The van der Waals surface area contributed by atoms with Gasteiger partial charge in [-0.15, -0.1) is 11.3 Å². The molecule has 0 saturated carbocycles. The van der Waals surface area contributed by atoms with Gasteiger partial charge in [0.1, 0.15) is 5.82 Å². The molecule has 1 N–H and O–H groups in total. The summed E-state index contributed by atoms with van der Waals surface area (Å²) in [6, 6.07) is 14.7. The molecule has 3 aromatic rings. The van der Waals surface area contributed by atoms with Gasteiger partial charge >= 0.3 is 0 Å². The fraction of sp³-hybridized carbons (Fsp3) is 0.125. The highest BCUT2D eigenvalue weighted by Gasteiger charge is 2.17. The average molecular weight is 306 g/mol. The van der Waals surface area contributed by atoms with E-state index in [-0.39, 0.29) is 11.9 Å². The quantitative estimate of drug-likeness (QED) is 0.718. The van der Waals surface area contributed by atoms with Crippen LogP contribution in [0.3, 0.4) is 0 Å². The summed E-state index contributed by atoms with van der Waals surface area (Å²) in [5, 5.41) is 4.94. The summed E-state index contributed by atoms with van der Waals surface area (Å²) in [5.41, 5.74) is 1.03. The van der Waals surface area contributed by atoms with Crippen LogP contribution in [0.1, 0.15) is 16.5 Å². The first-order valence-corrected chi connectivity index (χ1v) is 7.49. The number of rotatable bonds is 3. The van der Waals surface area contributed by atoms with Crippen LogP contribution >= 0.6 is 22.9 Å². The van der Waals surface area contributed by atoms with Gasteiger partial charge in [0.2, 0.25) is 0 Å². The Morgan fingerprint density at radius 1 is 1.15 bits per heavy atom. The standard InChI is InChI=1S/C16H13ClFNS/c1-19-16(12-4-2-3-5-13(12)17)15-9-10-8-11(18)6-7-14(10)20-15/h2-9,16,19H,1H3. The third kappa shape index (κ3) is 2.44. The molecule has 0 radical (unpaired) electrons. The summed E-state index contributed by atoms with van der Waals surface area (Å²) in [4.78, 5) is 1.13. The predicted octanol–water partition coefficient (Wildman–Crippen LogP) is 5.00. The van der Waals surface area contributed by atoms with E-state index in [2.05, 4.69) is 5.32 Å². The van der Waals surface area contributed by atoms with Gasteiger partial charge in [-0.25, -0.2) is 4.39 Å². The Hall–Kier alpha value is -1.42. The van der Waals surface area contributed by atoms with Crippen LogP contribution in [-0.4, -0.2) is 7.05 Å². The summed E-state index contributed by atoms with van der Waals surface area (Å²) in [7, 11) is 1.90. The minimum atomic E-state index is -0.208. The first kappa shape index (κ1) is 13.6. The Bertz CT molecular complexity index is 753. The van der Waals surface area contributed by atoms with Gasteiger partial charge in [-0.2, -0.15) is 0 Å². The first-order chi connectivity index (χ1) is 9.69. The van der Waals surface area contributed by atoms with Crippen molar-refractivity contribution in [2.24, 2.45) is 0 Å². The van der Waals surface area contributed by atoms with E-state index in [1.165, 1.54) is 6.07 Å². The van der Waals surface area contributed by atoms with Crippen LogP contribution in [0.4, 0.5) is 4.39 Å². The second kappa shape index (κ2) is 5.52. The molecule has 2 aromatic carbocycles. The summed E-state index contributed by atoms with van der Waals surface area (Å²) >= 11 is 7.93. The Labute approximate surface area is 126 Å². The molecule has 20 heavy (non-hydrogen) atoms. The van der Waals surface area contributed by atoms with E-state index >= 15 is 0 Å². The van der Waals surface area contributed by atoms with Crippen molar-refractivity contribution in [2.45, 2.75) is 6.04 Å². The molecule has 1 aromatic heterocycles. The molecule has 0 amide bonds. The molecule has 0 fully saturated rings. The molecule has 0 aliphatic rings. The zero-order valence-electron chi connectivity index (χ0n) is 10.9. The van der Waals surface area contributed by atoms with Crippen LogP contribution in [0.5, 0.6) is 0 Å². The van der Waals surface area contributed by atoms with Gasteiger partial charge in [-0.1, -0.05) is 29.8 Å². The number of benzene rings is 2. The summed E-state index contributed by atoms with van der Waals surface area (Å²) in [6.45, 7) is 0. The van der Waals surface area contributed by atoms with E-state index in [1.807, 2.05) is 43.4 Å².